The van der Waals surface area contributed by atoms with Crippen molar-refractivity contribution in [1.29, 1.82) is 0 Å². The van der Waals surface area contributed by atoms with Gasteiger partial charge in [-0.15, -0.1) is 0 Å². The molecule has 0 fully saturated rings. The molecular formula is C19H28N4O4. The zero-order chi connectivity index (χ0) is 20.2. The minimum atomic E-state index is -0.800. The summed E-state index contributed by atoms with van der Waals surface area (Å²) in [7, 11) is 0. The summed E-state index contributed by atoms with van der Waals surface area (Å²) < 4.78 is 0. The van der Waals surface area contributed by atoms with Gasteiger partial charge in [-0.3, -0.25) is 14.4 Å². The highest BCUT2D eigenvalue weighted by atomic mass is 16.2. The second-order valence-corrected chi connectivity index (χ2v) is 6.67. The Morgan fingerprint density at radius 2 is 1.74 bits per heavy atom. The van der Waals surface area contributed by atoms with E-state index in [0.717, 1.165) is 5.56 Å². The van der Waals surface area contributed by atoms with Crippen LogP contribution in [-0.2, 0) is 25.6 Å². The number of hydrogen-bond donors (Lipinski definition) is 4. The maximum Gasteiger partial charge on any atom is 0.243 e. The molecule has 2 atom stereocenters. The Labute approximate surface area is 159 Å². The molecule has 0 aliphatic heterocycles. The van der Waals surface area contributed by atoms with Crippen molar-refractivity contribution in [3.8, 4) is 0 Å². The lowest BCUT2D eigenvalue weighted by atomic mass is 10.0. The number of aldehydes is 1. The lowest BCUT2D eigenvalue weighted by molar-refractivity contribution is -0.130. The molecule has 1 aromatic rings. The summed E-state index contributed by atoms with van der Waals surface area (Å²) in [6, 6.07) is 7.84. The van der Waals surface area contributed by atoms with Crippen molar-refractivity contribution in [2.45, 2.75) is 38.8 Å². The number of amides is 3. The SMILES string of the molecule is CC(C)C[C@H](NC(=O)CNC(=O)CN)C(=O)N[C@H](C=O)Cc1ccccc1. The van der Waals surface area contributed by atoms with E-state index in [4.69, 9.17) is 5.73 Å². The van der Waals surface area contributed by atoms with E-state index in [2.05, 4.69) is 16.0 Å². The third kappa shape index (κ3) is 8.96. The van der Waals surface area contributed by atoms with E-state index in [1.54, 1.807) is 0 Å². The smallest absolute Gasteiger partial charge is 0.243 e. The molecule has 8 heteroatoms. The molecule has 0 unspecified atom stereocenters. The van der Waals surface area contributed by atoms with Crippen molar-refractivity contribution in [2.75, 3.05) is 13.1 Å². The molecule has 0 spiro atoms. The highest BCUT2D eigenvalue weighted by Gasteiger charge is 2.24. The first kappa shape index (κ1) is 22.3. The molecular weight excluding hydrogens is 348 g/mol. The first-order chi connectivity index (χ1) is 12.8. The predicted octanol–water partition coefficient (Wildman–Crippen LogP) is -0.481. The van der Waals surface area contributed by atoms with E-state index in [9.17, 15) is 19.2 Å². The Hall–Kier alpha value is -2.74. The molecule has 0 heterocycles. The summed E-state index contributed by atoms with van der Waals surface area (Å²) in [5.41, 5.74) is 6.09. The fourth-order valence-electron chi connectivity index (χ4n) is 2.48. The number of carbonyl (C=O) groups excluding carboxylic acids is 4. The average molecular weight is 376 g/mol. The summed E-state index contributed by atoms with van der Waals surface area (Å²) in [6.45, 7) is 3.36. The summed E-state index contributed by atoms with van der Waals surface area (Å²) in [5.74, 6) is -1.25. The highest BCUT2D eigenvalue weighted by Crippen LogP contribution is 2.07. The van der Waals surface area contributed by atoms with E-state index in [1.165, 1.54) is 0 Å². The molecule has 5 N–H and O–H groups in total. The number of nitrogens with one attached hydrogen (secondary N) is 3. The van der Waals surface area contributed by atoms with Gasteiger partial charge >= 0.3 is 0 Å². The van der Waals surface area contributed by atoms with E-state index in [1.807, 2.05) is 44.2 Å². The van der Waals surface area contributed by atoms with Crippen LogP contribution < -0.4 is 21.7 Å². The number of rotatable bonds is 11. The van der Waals surface area contributed by atoms with Gasteiger partial charge in [0.2, 0.25) is 17.7 Å². The van der Waals surface area contributed by atoms with Crippen molar-refractivity contribution in [2.24, 2.45) is 11.7 Å². The van der Waals surface area contributed by atoms with Gasteiger partial charge in [-0.05, 0) is 24.3 Å². The van der Waals surface area contributed by atoms with E-state index < -0.39 is 29.8 Å². The van der Waals surface area contributed by atoms with Gasteiger partial charge in [-0.2, -0.15) is 0 Å². The highest BCUT2D eigenvalue weighted by molar-refractivity contribution is 5.91. The molecule has 148 valence electrons. The summed E-state index contributed by atoms with van der Waals surface area (Å²) in [6.07, 6.45) is 1.45. The van der Waals surface area contributed by atoms with Crippen molar-refractivity contribution in [1.82, 2.24) is 16.0 Å². The van der Waals surface area contributed by atoms with Gasteiger partial charge in [-0.25, -0.2) is 0 Å². The zero-order valence-electron chi connectivity index (χ0n) is 15.7. The Morgan fingerprint density at radius 3 is 2.30 bits per heavy atom. The van der Waals surface area contributed by atoms with Gasteiger partial charge in [0.25, 0.3) is 0 Å². The fraction of sp³-hybridized carbons (Fsp3) is 0.474. The van der Waals surface area contributed by atoms with Crippen LogP contribution in [0.5, 0.6) is 0 Å². The number of benzene rings is 1. The van der Waals surface area contributed by atoms with Crippen LogP contribution in [0.1, 0.15) is 25.8 Å². The minimum absolute atomic E-state index is 0.142. The molecule has 0 aliphatic carbocycles. The largest absolute Gasteiger partial charge is 0.346 e. The molecule has 1 aromatic carbocycles. The van der Waals surface area contributed by atoms with Gasteiger partial charge in [-0.1, -0.05) is 44.2 Å². The zero-order valence-corrected chi connectivity index (χ0v) is 15.7. The summed E-state index contributed by atoms with van der Waals surface area (Å²) in [5, 5.41) is 7.62. The number of carbonyl (C=O) groups is 4. The van der Waals surface area contributed by atoms with Gasteiger partial charge in [0, 0.05) is 0 Å². The Bertz CT molecular complexity index is 634. The second kappa shape index (κ2) is 11.8. The lowest BCUT2D eigenvalue weighted by Gasteiger charge is -2.22. The predicted molar refractivity (Wildman–Crippen MR) is 102 cm³/mol. The van der Waals surface area contributed by atoms with Crippen LogP contribution in [0.3, 0.4) is 0 Å². The molecule has 0 saturated carbocycles. The Kier molecular flexibility index (Phi) is 9.74. The second-order valence-electron chi connectivity index (χ2n) is 6.67. The third-order valence-corrected chi connectivity index (χ3v) is 3.78. The number of hydrogen-bond acceptors (Lipinski definition) is 5. The molecule has 8 nitrogen and oxygen atoms in total. The average Bonchev–Trinajstić information content (AvgIpc) is 2.65. The van der Waals surface area contributed by atoms with E-state index in [0.29, 0.717) is 19.1 Å². The maximum absolute atomic E-state index is 12.6. The number of nitrogens with two attached hydrogens (primary N) is 1. The molecule has 0 bridgehead atoms. The summed E-state index contributed by atoms with van der Waals surface area (Å²) in [4.78, 5) is 47.1. The Morgan fingerprint density at radius 1 is 1.07 bits per heavy atom. The standard InChI is InChI=1S/C19H28N4O4/c1-13(2)8-16(23-18(26)11-21-17(25)10-20)19(27)22-15(12-24)9-14-6-4-3-5-7-14/h3-7,12-13,15-16H,8-11,20H2,1-2H3,(H,21,25)(H,22,27)(H,23,26)/t15-,16-/m0/s1. The van der Waals surface area contributed by atoms with Gasteiger partial charge in [0.1, 0.15) is 12.3 Å². The quantitative estimate of drug-likeness (QED) is 0.388. The van der Waals surface area contributed by atoms with Gasteiger partial charge in [0.05, 0.1) is 19.1 Å². The van der Waals surface area contributed by atoms with E-state index in [-0.39, 0.29) is 19.0 Å². The first-order valence-corrected chi connectivity index (χ1v) is 8.91. The maximum atomic E-state index is 12.6. The van der Waals surface area contributed by atoms with Crippen molar-refractivity contribution in [3.63, 3.8) is 0 Å². The topological polar surface area (TPSA) is 130 Å². The fourth-order valence-corrected chi connectivity index (χ4v) is 2.48. The van der Waals surface area contributed by atoms with Crippen LogP contribution in [0.25, 0.3) is 0 Å². The normalized spacial score (nSPS) is 12.7. The molecule has 0 radical (unpaired) electrons. The van der Waals surface area contributed by atoms with Crippen LogP contribution in [-0.4, -0.2) is 49.2 Å². The molecule has 3 amide bonds. The van der Waals surface area contributed by atoms with Gasteiger partial charge < -0.3 is 26.5 Å². The van der Waals surface area contributed by atoms with E-state index >= 15 is 0 Å². The molecule has 0 aliphatic rings. The van der Waals surface area contributed by atoms with Crippen LogP contribution in [0.4, 0.5) is 0 Å². The van der Waals surface area contributed by atoms with Crippen molar-refractivity contribution < 1.29 is 19.2 Å². The molecule has 27 heavy (non-hydrogen) atoms. The van der Waals surface area contributed by atoms with Crippen LogP contribution in [0.2, 0.25) is 0 Å². The molecule has 0 saturated heterocycles. The van der Waals surface area contributed by atoms with Crippen molar-refractivity contribution in [3.05, 3.63) is 35.9 Å². The van der Waals surface area contributed by atoms with Crippen molar-refractivity contribution >= 4 is 24.0 Å². The van der Waals surface area contributed by atoms with Crippen LogP contribution in [0, 0.1) is 5.92 Å². The monoisotopic (exact) mass is 376 g/mol. The molecule has 1 rings (SSSR count). The van der Waals surface area contributed by atoms with Crippen LogP contribution in [0.15, 0.2) is 30.3 Å². The lowest BCUT2D eigenvalue weighted by Crippen LogP contribution is -2.52. The first-order valence-electron chi connectivity index (χ1n) is 8.91. The van der Waals surface area contributed by atoms with Crippen LogP contribution >= 0.6 is 0 Å². The Balaban J connectivity index is 2.68. The summed E-state index contributed by atoms with van der Waals surface area (Å²) >= 11 is 0. The minimum Gasteiger partial charge on any atom is -0.346 e. The van der Waals surface area contributed by atoms with Gasteiger partial charge in [0.15, 0.2) is 0 Å². The third-order valence-electron chi connectivity index (χ3n) is 3.78. The molecule has 0 aromatic heterocycles.